The molecular formula is C16H13Cl2NO4S. The standard InChI is InChI=1S/C16H13Cl2NO4S/c1-9-6-12(17)10(2)16(15(9)18)24(20,21)23-13-5-4-11(8-19)7-14(13)22-3/h4-7H,1-3H3. The molecule has 0 saturated heterocycles. The molecule has 0 unspecified atom stereocenters. The van der Waals surface area contributed by atoms with Gasteiger partial charge in [-0.25, -0.2) is 0 Å². The van der Waals surface area contributed by atoms with Crippen molar-refractivity contribution in [2.45, 2.75) is 18.7 Å². The van der Waals surface area contributed by atoms with Gasteiger partial charge in [0.05, 0.1) is 23.8 Å². The van der Waals surface area contributed by atoms with E-state index in [1.807, 2.05) is 6.07 Å². The van der Waals surface area contributed by atoms with Crippen LogP contribution in [0.1, 0.15) is 16.7 Å². The van der Waals surface area contributed by atoms with E-state index in [0.717, 1.165) is 0 Å². The summed E-state index contributed by atoms with van der Waals surface area (Å²) in [4.78, 5) is -0.194. The molecule has 2 aromatic carbocycles. The molecule has 2 rings (SSSR count). The number of rotatable bonds is 4. The lowest BCUT2D eigenvalue weighted by Crippen LogP contribution is -2.13. The average Bonchev–Trinajstić information content (AvgIpc) is 2.53. The molecule has 0 saturated carbocycles. The van der Waals surface area contributed by atoms with Gasteiger partial charge in [-0.2, -0.15) is 13.7 Å². The molecule has 0 aliphatic heterocycles. The van der Waals surface area contributed by atoms with Crippen LogP contribution in [0.3, 0.4) is 0 Å². The zero-order valence-electron chi connectivity index (χ0n) is 13.1. The third-order valence-corrected chi connectivity index (χ3v) is 5.73. The van der Waals surface area contributed by atoms with Crippen LogP contribution in [0.4, 0.5) is 0 Å². The van der Waals surface area contributed by atoms with E-state index in [4.69, 9.17) is 37.4 Å². The highest BCUT2D eigenvalue weighted by molar-refractivity contribution is 7.87. The monoisotopic (exact) mass is 385 g/mol. The van der Waals surface area contributed by atoms with E-state index in [1.165, 1.54) is 25.3 Å². The first-order chi connectivity index (χ1) is 11.2. The minimum absolute atomic E-state index is 0.0458. The zero-order valence-corrected chi connectivity index (χ0v) is 15.4. The van der Waals surface area contributed by atoms with Crippen molar-refractivity contribution in [2.75, 3.05) is 7.11 Å². The Morgan fingerprint density at radius 3 is 2.38 bits per heavy atom. The largest absolute Gasteiger partial charge is 0.493 e. The van der Waals surface area contributed by atoms with Crippen LogP contribution in [0.2, 0.25) is 10.0 Å². The maximum Gasteiger partial charge on any atom is 0.341 e. The van der Waals surface area contributed by atoms with Gasteiger partial charge < -0.3 is 8.92 Å². The molecule has 8 heteroatoms. The van der Waals surface area contributed by atoms with Gasteiger partial charge in [0.2, 0.25) is 0 Å². The van der Waals surface area contributed by atoms with Crippen molar-refractivity contribution in [2.24, 2.45) is 0 Å². The van der Waals surface area contributed by atoms with E-state index in [1.54, 1.807) is 19.9 Å². The van der Waals surface area contributed by atoms with Gasteiger partial charge in [-0.15, -0.1) is 0 Å². The van der Waals surface area contributed by atoms with E-state index in [9.17, 15) is 8.42 Å². The van der Waals surface area contributed by atoms with Crippen molar-refractivity contribution in [1.29, 1.82) is 5.26 Å². The van der Waals surface area contributed by atoms with E-state index in [-0.39, 0.29) is 26.4 Å². The summed E-state index contributed by atoms with van der Waals surface area (Å²) in [5.41, 5.74) is 1.12. The Labute approximate surface area is 150 Å². The smallest absolute Gasteiger partial charge is 0.341 e. The van der Waals surface area contributed by atoms with Crippen LogP contribution in [0.25, 0.3) is 0 Å². The molecule has 0 bridgehead atoms. The van der Waals surface area contributed by atoms with Gasteiger partial charge in [-0.05, 0) is 43.2 Å². The molecule has 24 heavy (non-hydrogen) atoms. The lowest BCUT2D eigenvalue weighted by molar-refractivity contribution is 0.390. The van der Waals surface area contributed by atoms with Crippen LogP contribution < -0.4 is 8.92 Å². The van der Waals surface area contributed by atoms with Crippen LogP contribution in [0.5, 0.6) is 11.5 Å². The second kappa shape index (κ2) is 6.89. The predicted molar refractivity (Wildman–Crippen MR) is 91.5 cm³/mol. The number of methoxy groups -OCH3 is 1. The van der Waals surface area contributed by atoms with E-state index in [0.29, 0.717) is 16.7 Å². The van der Waals surface area contributed by atoms with E-state index >= 15 is 0 Å². The summed E-state index contributed by atoms with van der Waals surface area (Å²) in [5, 5.41) is 9.21. The van der Waals surface area contributed by atoms with Crippen molar-refractivity contribution in [1.82, 2.24) is 0 Å². The Balaban J connectivity index is 2.57. The Morgan fingerprint density at radius 1 is 1.12 bits per heavy atom. The molecule has 0 aromatic heterocycles. The third-order valence-electron chi connectivity index (χ3n) is 3.33. The highest BCUT2D eigenvalue weighted by atomic mass is 35.5. The number of hydrogen-bond acceptors (Lipinski definition) is 5. The summed E-state index contributed by atoms with van der Waals surface area (Å²) < 4.78 is 35.6. The molecule has 2 aromatic rings. The maximum atomic E-state index is 12.7. The van der Waals surface area contributed by atoms with Crippen molar-refractivity contribution < 1.29 is 17.3 Å². The normalized spacial score (nSPS) is 11.0. The average molecular weight is 386 g/mol. The van der Waals surface area contributed by atoms with Crippen molar-refractivity contribution in [3.63, 3.8) is 0 Å². The SMILES string of the molecule is COc1cc(C#N)ccc1OS(=O)(=O)c1c(C)c(Cl)cc(C)c1Cl. The number of aryl methyl sites for hydroxylation is 1. The van der Waals surface area contributed by atoms with Crippen LogP contribution in [0.15, 0.2) is 29.2 Å². The first kappa shape index (κ1) is 18.4. The van der Waals surface area contributed by atoms with Crippen LogP contribution in [0, 0.1) is 25.2 Å². The van der Waals surface area contributed by atoms with Crippen molar-refractivity contribution in [3.8, 4) is 17.6 Å². The lowest BCUT2D eigenvalue weighted by atomic mass is 10.2. The summed E-state index contributed by atoms with van der Waals surface area (Å²) in [7, 11) is -2.91. The molecule has 0 spiro atoms. The molecule has 0 N–H and O–H groups in total. The first-order valence-corrected chi connectivity index (χ1v) is 8.85. The number of ether oxygens (including phenoxy) is 1. The Morgan fingerprint density at radius 2 is 1.79 bits per heavy atom. The molecule has 0 heterocycles. The number of halogens is 2. The first-order valence-electron chi connectivity index (χ1n) is 6.69. The molecule has 0 aliphatic rings. The second-order valence-electron chi connectivity index (χ2n) is 4.96. The Kier molecular flexibility index (Phi) is 5.29. The number of hydrogen-bond donors (Lipinski definition) is 0. The predicted octanol–water partition coefficient (Wildman–Crippen LogP) is 4.26. The van der Waals surface area contributed by atoms with Gasteiger partial charge in [0.1, 0.15) is 4.90 Å². The van der Waals surface area contributed by atoms with Gasteiger partial charge in [0.25, 0.3) is 0 Å². The molecule has 0 radical (unpaired) electrons. The quantitative estimate of drug-likeness (QED) is 0.734. The highest BCUT2D eigenvalue weighted by Crippen LogP contribution is 2.37. The van der Waals surface area contributed by atoms with Crippen molar-refractivity contribution in [3.05, 3.63) is 51.0 Å². The minimum atomic E-state index is -4.25. The molecule has 0 fully saturated rings. The topological polar surface area (TPSA) is 76.4 Å². The fraction of sp³-hybridized carbons (Fsp3) is 0.188. The highest BCUT2D eigenvalue weighted by Gasteiger charge is 2.27. The third kappa shape index (κ3) is 3.44. The molecule has 0 amide bonds. The van der Waals surface area contributed by atoms with Gasteiger partial charge >= 0.3 is 10.1 Å². The molecule has 0 atom stereocenters. The fourth-order valence-corrected chi connectivity index (χ4v) is 4.19. The summed E-state index contributed by atoms with van der Waals surface area (Å²) >= 11 is 12.2. The van der Waals surface area contributed by atoms with Gasteiger partial charge in [0.15, 0.2) is 11.5 Å². The Bertz CT molecular complexity index is 923. The Hall–Kier alpha value is -1.94. The number of nitrogens with zero attached hydrogens (tertiary/aromatic N) is 1. The number of nitriles is 1. The van der Waals surface area contributed by atoms with Crippen LogP contribution >= 0.6 is 23.2 Å². The summed E-state index contributed by atoms with van der Waals surface area (Å²) in [6.07, 6.45) is 0. The maximum absolute atomic E-state index is 12.7. The zero-order chi connectivity index (χ0) is 18.1. The van der Waals surface area contributed by atoms with Crippen LogP contribution in [-0.4, -0.2) is 15.5 Å². The van der Waals surface area contributed by atoms with Crippen molar-refractivity contribution >= 4 is 33.3 Å². The minimum Gasteiger partial charge on any atom is -0.493 e. The summed E-state index contributed by atoms with van der Waals surface area (Å²) in [5.74, 6) is 0.0646. The van der Waals surface area contributed by atoms with Crippen LogP contribution in [-0.2, 0) is 10.1 Å². The fourth-order valence-electron chi connectivity index (χ4n) is 2.08. The summed E-state index contributed by atoms with van der Waals surface area (Å²) in [6, 6.07) is 7.66. The van der Waals surface area contributed by atoms with Gasteiger partial charge in [0, 0.05) is 11.1 Å². The number of benzene rings is 2. The molecule has 0 aliphatic carbocycles. The molecule has 126 valence electrons. The molecular weight excluding hydrogens is 373 g/mol. The molecule has 5 nitrogen and oxygen atoms in total. The lowest BCUT2D eigenvalue weighted by Gasteiger charge is -2.15. The summed E-state index contributed by atoms with van der Waals surface area (Å²) in [6.45, 7) is 3.19. The van der Waals surface area contributed by atoms with Gasteiger partial charge in [-0.3, -0.25) is 0 Å². The van der Waals surface area contributed by atoms with Gasteiger partial charge in [-0.1, -0.05) is 23.2 Å². The van der Waals surface area contributed by atoms with E-state index in [2.05, 4.69) is 0 Å². The van der Waals surface area contributed by atoms with E-state index < -0.39 is 10.1 Å². The second-order valence-corrected chi connectivity index (χ2v) is 7.23.